The number of nitrogens with zero attached hydrogens (tertiary/aromatic N) is 2. The van der Waals surface area contributed by atoms with Crippen molar-refractivity contribution >= 4 is 10.0 Å². The molecule has 0 spiro atoms. The second-order valence-corrected chi connectivity index (χ2v) is 9.16. The Hall–Kier alpha value is -1.66. The number of ether oxygens (including phenoxy) is 1. The average molecular weight is 378 g/mol. The summed E-state index contributed by atoms with van der Waals surface area (Å²) in [5.74, 6) is 1.91. The first kappa shape index (κ1) is 19.1. The molecule has 26 heavy (non-hydrogen) atoms. The first-order chi connectivity index (χ1) is 12.4. The van der Waals surface area contributed by atoms with Crippen LogP contribution in [0.15, 0.2) is 24.3 Å². The molecule has 2 N–H and O–H groups in total. The molecule has 3 rings (SSSR count). The van der Waals surface area contributed by atoms with Crippen LogP contribution in [0.1, 0.15) is 12.0 Å². The summed E-state index contributed by atoms with van der Waals surface area (Å²) in [6.45, 7) is 4.95. The van der Waals surface area contributed by atoms with E-state index in [1.54, 1.807) is 24.3 Å². The van der Waals surface area contributed by atoms with Crippen LogP contribution in [-0.2, 0) is 10.0 Å². The van der Waals surface area contributed by atoms with Crippen LogP contribution in [0.2, 0.25) is 0 Å². The number of nitrogens with one attached hydrogen (secondary N) is 2. The van der Waals surface area contributed by atoms with Crippen LogP contribution >= 0.6 is 0 Å². The Kier molecular flexibility index (Phi) is 6.14. The van der Waals surface area contributed by atoms with Crippen LogP contribution in [-0.4, -0.2) is 64.9 Å². The molecule has 3 unspecified atom stereocenters. The number of hydrogen-bond donors (Lipinski definition) is 2. The number of likely N-dealkylation sites (tertiary alicyclic amines) is 1. The van der Waals surface area contributed by atoms with E-state index in [4.69, 9.17) is 10.00 Å². The molecule has 2 heterocycles. The smallest absolute Gasteiger partial charge is 0.209 e. The molecule has 2 bridgehead atoms. The largest absolute Gasteiger partial charge is 0.492 e. The molecule has 8 heteroatoms. The Morgan fingerprint density at radius 3 is 2.54 bits per heavy atom. The van der Waals surface area contributed by atoms with Crippen molar-refractivity contribution in [3.05, 3.63) is 29.8 Å². The number of benzene rings is 1. The molecular weight excluding hydrogens is 352 g/mol. The normalized spacial score (nSPS) is 24.6. The number of hydrogen-bond acceptors (Lipinski definition) is 6. The lowest BCUT2D eigenvalue weighted by atomic mass is 9.86. The van der Waals surface area contributed by atoms with E-state index in [2.05, 4.69) is 21.0 Å². The van der Waals surface area contributed by atoms with Gasteiger partial charge in [0.15, 0.2) is 0 Å². The number of piperidine rings is 2. The molecular formula is C18H26N4O3S. The Morgan fingerprint density at radius 2 is 1.96 bits per heavy atom. The summed E-state index contributed by atoms with van der Waals surface area (Å²) in [6.07, 6.45) is 2.44. The Morgan fingerprint density at radius 1 is 1.31 bits per heavy atom. The molecule has 0 radical (unpaired) electrons. The summed E-state index contributed by atoms with van der Waals surface area (Å²) < 4.78 is 32.0. The minimum absolute atomic E-state index is 0.253. The lowest BCUT2D eigenvalue weighted by Gasteiger charge is -2.42. The first-order valence-electron chi connectivity index (χ1n) is 8.94. The molecule has 2 aliphatic heterocycles. The van der Waals surface area contributed by atoms with E-state index in [1.807, 2.05) is 0 Å². The standard InChI is InChI=1S/C18H26N4O3S/c1-26(23,24)21-17(13-25-18-4-2-14(7-19)3-5-18)12-22-10-15-6-16(11-22)9-20-8-15/h2-5,15-17,20-21H,6,8-13H2,1H3. The summed E-state index contributed by atoms with van der Waals surface area (Å²) >= 11 is 0. The zero-order valence-corrected chi connectivity index (χ0v) is 15.8. The third kappa shape index (κ3) is 5.68. The van der Waals surface area contributed by atoms with Gasteiger partial charge in [0.05, 0.1) is 23.9 Å². The zero-order valence-electron chi connectivity index (χ0n) is 15.0. The molecule has 2 saturated heterocycles. The Labute approximate surface area is 155 Å². The highest BCUT2D eigenvalue weighted by Crippen LogP contribution is 2.24. The van der Waals surface area contributed by atoms with Gasteiger partial charge in [0.1, 0.15) is 12.4 Å². The molecule has 0 aliphatic carbocycles. The average Bonchev–Trinajstić information content (AvgIpc) is 2.58. The van der Waals surface area contributed by atoms with Crippen LogP contribution < -0.4 is 14.8 Å². The predicted molar refractivity (Wildman–Crippen MR) is 99.3 cm³/mol. The Bertz CT molecular complexity index is 733. The van der Waals surface area contributed by atoms with E-state index in [0.29, 0.717) is 29.7 Å². The van der Waals surface area contributed by atoms with E-state index in [-0.39, 0.29) is 12.6 Å². The molecule has 0 aromatic heterocycles. The first-order valence-corrected chi connectivity index (χ1v) is 10.8. The monoisotopic (exact) mass is 378 g/mol. The fraction of sp³-hybridized carbons (Fsp3) is 0.611. The van der Waals surface area contributed by atoms with E-state index >= 15 is 0 Å². The number of nitriles is 1. The number of sulfonamides is 1. The summed E-state index contributed by atoms with van der Waals surface area (Å²) in [6, 6.07) is 8.59. The summed E-state index contributed by atoms with van der Waals surface area (Å²) in [5.41, 5.74) is 0.566. The highest BCUT2D eigenvalue weighted by molar-refractivity contribution is 7.88. The topological polar surface area (TPSA) is 94.5 Å². The van der Waals surface area contributed by atoms with Crippen molar-refractivity contribution in [2.24, 2.45) is 11.8 Å². The molecule has 2 aliphatic rings. The third-order valence-corrected chi connectivity index (χ3v) is 5.62. The van der Waals surface area contributed by atoms with Crippen molar-refractivity contribution in [2.75, 3.05) is 45.6 Å². The van der Waals surface area contributed by atoms with Crippen molar-refractivity contribution < 1.29 is 13.2 Å². The highest BCUT2D eigenvalue weighted by Gasteiger charge is 2.31. The highest BCUT2D eigenvalue weighted by atomic mass is 32.2. The molecule has 142 valence electrons. The van der Waals surface area contributed by atoms with Crippen molar-refractivity contribution in [3.63, 3.8) is 0 Å². The maximum absolute atomic E-state index is 11.7. The predicted octanol–water partition coefficient (Wildman–Crippen LogP) is 0.396. The molecule has 1 aromatic carbocycles. The van der Waals surface area contributed by atoms with E-state index < -0.39 is 10.0 Å². The van der Waals surface area contributed by atoms with Crippen LogP contribution in [0.4, 0.5) is 0 Å². The van der Waals surface area contributed by atoms with Crippen LogP contribution in [0.25, 0.3) is 0 Å². The molecule has 7 nitrogen and oxygen atoms in total. The van der Waals surface area contributed by atoms with Crippen molar-refractivity contribution in [2.45, 2.75) is 12.5 Å². The second-order valence-electron chi connectivity index (χ2n) is 7.38. The molecule has 1 aromatic rings. The fourth-order valence-corrected chi connectivity index (χ4v) is 4.67. The van der Waals surface area contributed by atoms with Gasteiger partial charge < -0.3 is 15.0 Å². The quantitative estimate of drug-likeness (QED) is 0.713. The van der Waals surface area contributed by atoms with Crippen molar-refractivity contribution in [3.8, 4) is 11.8 Å². The maximum Gasteiger partial charge on any atom is 0.209 e. The molecule has 2 fully saturated rings. The lowest BCUT2D eigenvalue weighted by molar-refractivity contribution is 0.0847. The zero-order chi connectivity index (χ0) is 18.6. The Balaban J connectivity index is 1.60. The van der Waals surface area contributed by atoms with Gasteiger partial charge >= 0.3 is 0 Å². The van der Waals surface area contributed by atoms with Gasteiger partial charge in [-0.2, -0.15) is 5.26 Å². The van der Waals surface area contributed by atoms with Gasteiger partial charge in [-0.25, -0.2) is 13.1 Å². The number of fused-ring (bicyclic) bond motifs is 2. The SMILES string of the molecule is CS(=O)(=O)NC(COc1ccc(C#N)cc1)CN1CC2CNCC(C2)C1. The van der Waals surface area contributed by atoms with E-state index in [9.17, 15) is 8.42 Å². The molecule has 3 atom stereocenters. The van der Waals surface area contributed by atoms with E-state index in [1.165, 1.54) is 12.7 Å². The van der Waals surface area contributed by atoms with E-state index in [0.717, 1.165) is 26.2 Å². The fourth-order valence-electron chi connectivity index (χ4n) is 3.92. The summed E-state index contributed by atoms with van der Waals surface area (Å²) in [7, 11) is -3.32. The third-order valence-electron chi connectivity index (χ3n) is 4.86. The lowest BCUT2D eigenvalue weighted by Crippen LogP contribution is -2.55. The number of rotatable bonds is 7. The maximum atomic E-state index is 11.7. The minimum atomic E-state index is -3.32. The van der Waals surface area contributed by atoms with Crippen LogP contribution in [0.3, 0.4) is 0 Å². The van der Waals surface area contributed by atoms with Gasteiger partial charge in [-0.15, -0.1) is 0 Å². The van der Waals surface area contributed by atoms with Crippen LogP contribution in [0, 0.1) is 23.2 Å². The van der Waals surface area contributed by atoms with Gasteiger partial charge in [0.2, 0.25) is 10.0 Å². The van der Waals surface area contributed by atoms with Crippen molar-refractivity contribution in [1.29, 1.82) is 5.26 Å². The summed E-state index contributed by atoms with van der Waals surface area (Å²) in [5, 5.41) is 12.3. The van der Waals surface area contributed by atoms with Gasteiger partial charge in [0, 0.05) is 19.6 Å². The van der Waals surface area contributed by atoms with Gasteiger partial charge in [-0.05, 0) is 55.6 Å². The molecule has 0 saturated carbocycles. The van der Waals surface area contributed by atoms with Crippen LogP contribution in [0.5, 0.6) is 5.75 Å². The van der Waals surface area contributed by atoms with Gasteiger partial charge in [-0.1, -0.05) is 0 Å². The van der Waals surface area contributed by atoms with Gasteiger partial charge in [-0.3, -0.25) is 0 Å². The molecule has 0 amide bonds. The second kappa shape index (κ2) is 8.35. The van der Waals surface area contributed by atoms with Crippen molar-refractivity contribution in [1.82, 2.24) is 14.9 Å². The summed E-state index contributed by atoms with van der Waals surface area (Å²) in [4.78, 5) is 2.35. The van der Waals surface area contributed by atoms with Gasteiger partial charge in [0.25, 0.3) is 0 Å². The minimum Gasteiger partial charge on any atom is -0.492 e.